The first-order valence-corrected chi connectivity index (χ1v) is 7.59. The summed E-state index contributed by atoms with van der Waals surface area (Å²) in [4.78, 5) is 0. The van der Waals surface area contributed by atoms with Crippen molar-refractivity contribution in [2.75, 3.05) is 12.8 Å². The predicted molar refractivity (Wildman–Crippen MR) is 74.8 cm³/mol. The van der Waals surface area contributed by atoms with E-state index in [0.717, 1.165) is 6.54 Å². The van der Waals surface area contributed by atoms with E-state index in [9.17, 15) is 0 Å². The van der Waals surface area contributed by atoms with Gasteiger partial charge in [-0.2, -0.15) is 11.8 Å². The first kappa shape index (κ1) is 14.6. The number of nitrogens with zero attached hydrogens (tertiary/aromatic N) is 1. The average Bonchev–Trinajstić information content (AvgIpc) is 2.37. The molecule has 4 nitrogen and oxygen atoms in total. The molecular weight excluding hydrogens is 234 g/mol. The fourth-order valence-electron chi connectivity index (χ4n) is 2.44. The summed E-state index contributed by atoms with van der Waals surface area (Å²) in [7, 11) is 0. The van der Waals surface area contributed by atoms with E-state index in [2.05, 4.69) is 23.7 Å². The molecule has 0 aliphatic heterocycles. The molecule has 1 aliphatic rings. The van der Waals surface area contributed by atoms with Crippen molar-refractivity contribution in [2.24, 2.45) is 10.9 Å². The maximum absolute atomic E-state index is 8.53. The zero-order valence-electron chi connectivity index (χ0n) is 10.9. The number of nitrogens with two attached hydrogens (primary N) is 1. The second-order valence-electron chi connectivity index (χ2n) is 5.03. The van der Waals surface area contributed by atoms with Crippen LogP contribution in [0.15, 0.2) is 5.16 Å². The smallest absolute Gasteiger partial charge is 0.140 e. The fourth-order valence-corrected chi connectivity index (χ4v) is 3.36. The Balaban J connectivity index is 2.36. The third kappa shape index (κ3) is 4.76. The lowest BCUT2D eigenvalue weighted by Crippen LogP contribution is -2.43. The third-order valence-electron chi connectivity index (χ3n) is 3.61. The molecule has 4 N–H and O–H groups in total. The standard InChI is InChI=1S/C12H25N3OS/c1-10(8-11(13)15-16)14-9-12(17-2)6-4-3-5-7-12/h10,14,16H,3-9H2,1-2H3,(H2,13,15). The van der Waals surface area contributed by atoms with Crippen LogP contribution in [0, 0.1) is 0 Å². The molecule has 0 bridgehead atoms. The van der Waals surface area contributed by atoms with Crippen LogP contribution in [0.5, 0.6) is 0 Å². The van der Waals surface area contributed by atoms with Gasteiger partial charge in [0.05, 0.1) is 0 Å². The van der Waals surface area contributed by atoms with Gasteiger partial charge in [0.2, 0.25) is 0 Å². The molecule has 0 amide bonds. The number of oxime groups is 1. The van der Waals surface area contributed by atoms with Gasteiger partial charge in [-0.3, -0.25) is 0 Å². The molecule has 1 unspecified atom stereocenters. The second kappa shape index (κ2) is 7.11. The molecular formula is C12H25N3OS. The quantitative estimate of drug-likeness (QED) is 0.296. The molecule has 0 aromatic heterocycles. The lowest BCUT2D eigenvalue weighted by molar-refractivity contribution is 0.315. The van der Waals surface area contributed by atoms with Gasteiger partial charge in [0.15, 0.2) is 0 Å². The van der Waals surface area contributed by atoms with E-state index in [-0.39, 0.29) is 6.04 Å². The van der Waals surface area contributed by atoms with E-state index >= 15 is 0 Å². The summed E-state index contributed by atoms with van der Waals surface area (Å²) in [6.45, 7) is 3.10. The van der Waals surface area contributed by atoms with Crippen LogP contribution in [0.4, 0.5) is 0 Å². The van der Waals surface area contributed by atoms with Gasteiger partial charge in [-0.15, -0.1) is 0 Å². The van der Waals surface area contributed by atoms with Crippen molar-refractivity contribution in [3.63, 3.8) is 0 Å². The van der Waals surface area contributed by atoms with Gasteiger partial charge in [-0.25, -0.2) is 0 Å². The van der Waals surface area contributed by atoms with Crippen molar-refractivity contribution < 1.29 is 5.21 Å². The molecule has 1 rings (SSSR count). The van der Waals surface area contributed by atoms with E-state index in [1.54, 1.807) is 0 Å². The SMILES string of the molecule is CSC1(CNC(C)CC(N)=NO)CCCCC1. The molecule has 1 fully saturated rings. The minimum atomic E-state index is 0.261. The Hall–Kier alpha value is -0.420. The van der Waals surface area contributed by atoms with Crippen LogP contribution in [-0.4, -0.2) is 34.6 Å². The van der Waals surface area contributed by atoms with Gasteiger partial charge in [0, 0.05) is 23.8 Å². The van der Waals surface area contributed by atoms with Crippen LogP contribution in [0.1, 0.15) is 45.4 Å². The molecule has 0 aromatic carbocycles. The number of hydrogen-bond acceptors (Lipinski definition) is 4. The highest BCUT2D eigenvalue weighted by atomic mass is 32.2. The fraction of sp³-hybridized carbons (Fsp3) is 0.917. The first-order chi connectivity index (χ1) is 8.12. The molecule has 1 atom stereocenters. The Morgan fingerprint density at radius 2 is 2.12 bits per heavy atom. The van der Waals surface area contributed by atoms with Crippen molar-refractivity contribution in [3.05, 3.63) is 0 Å². The van der Waals surface area contributed by atoms with E-state index in [0.29, 0.717) is 17.0 Å². The second-order valence-corrected chi connectivity index (χ2v) is 6.30. The van der Waals surface area contributed by atoms with Crippen molar-refractivity contribution >= 4 is 17.6 Å². The highest BCUT2D eigenvalue weighted by molar-refractivity contribution is 8.00. The van der Waals surface area contributed by atoms with Gasteiger partial charge in [-0.05, 0) is 26.0 Å². The number of rotatable bonds is 6. The highest BCUT2D eigenvalue weighted by Gasteiger charge is 2.31. The van der Waals surface area contributed by atoms with E-state index < -0.39 is 0 Å². The number of thioether (sulfide) groups is 1. The summed E-state index contributed by atoms with van der Waals surface area (Å²) in [5.41, 5.74) is 5.50. The van der Waals surface area contributed by atoms with Crippen molar-refractivity contribution in [3.8, 4) is 0 Å². The zero-order chi connectivity index (χ0) is 12.7. The lowest BCUT2D eigenvalue weighted by Gasteiger charge is -2.37. The molecule has 5 heteroatoms. The summed E-state index contributed by atoms with van der Waals surface area (Å²) < 4.78 is 0.400. The normalized spacial score (nSPS) is 22.4. The molecule has 17 heavy (non-hydrogen) atoms. The van der Waals surface area contributed by atoms with E-state index in [1.807, 2.05) is 11.8 Å². The Labute approximate surface area is 108 Å². The Morgan fingerprint density at radius 1 is 1.47 bits per heavy atom. The minimum absolute atomic E-state index is 0.261. The Bertz CT molecular complexity index is 252. The van der Waals surface area contributed by atoms with Crippen LogP contribution in [0.2, 0.25) is 0 Å². The van der Waals surface area contributed by atoms with Gasteiger partial charge < -0.3 is 16.3 Å². The van der Waals surface area contributed by atoms with Gasteiger partial charge in [0.25, 0.3) is 0 Å². The van der Waals surface area contributed by atoms with Crippen LogP contribution in [-0.2, 0) is 0 Å². The first-order valence-electron chi connectivity index (χ1n) is 6.37. The van der Waals surface area contributed by atoms with Crippen LogP contribution < -0.4 is 11.1 Å². The molecule has 0 saturated heterocycles. The molecule has 0 radical (unpaired) electrons. The van der Waals surface area contributed by atoms with E-state index in [4.69, 9.17) is 10.9 Å². The van der Waals surface area contributed by atoms with Crippen LogP contribution in [0.25, 0.3) is 0 Å². The molecule has 0 heterocycles. The number of hydrogen-bond donors (Lipinski definition) is 3. The zero-order valence-corrected chi connectivity index (χ0v) is 11.7. The largest absolute Gasteiger partial charge is 0.409 e. The summed E-state index contributed by atoms with van der Waals surface area (Å²) in [5.74, 6) is 0.298. The average molecular weight is 259 g/mol. The van der Waals surface area contributed by atoms with Crippen molar-refractivity contribution in [1.82, 2.24) is 5.32 Å². The summed E-state index contributed by atoms with van der Waals surface area (Å²) in [6.07, 6.45) is 9.48. The summed E-state index contributed by atoms with van der Waals surface area (Å²) >= 11 is 1.99. The maximum atomic E-state index is 8.53. The number of nitrogens with one attached hydrogen (secondary N) is 1. The van der Waals surface area contributed by atoms with E-state index in [1.165, 1.54) is 32.1 Å². The molecule has 1 saturated carbocycles. The molecule has 1 aliphatic carbocycles. The van der Waals surface area contributed by atoms with Crippen molar-refractivity contribution in [1.29, 1.82) is 0 Å². The molecule has 0 aromatic rings. The third-order valence-corrected chi connectivity index (χ3v) is 5.03. The molecule has 100 valence electrons. The summed E-state index contributed by atoms with van der Waals surface area (Å²) in [5, 5.41) is 15.1. The molecule has 0 spiro atoms. The maximum Gasteiger partial charge on any atom is 0.140 e. The lowest BCUT2D eigenvalue weighted by atomic mass is 9.88. The van der Waals surface area contributed by atoms with Crippen LogP contribution in [0.3, 0.4) is 0 Å². The van der Waals surface area contributed by atoms with Gasteiger partial charge >= 0.3 is 0 Å². The van der Waals surface area contributed by atoms with Crippen LogP contribution >= 0.6 is 11.8 Å². The Kier molecular flexibility index (Phi) is 6.12. The highest BCUT2D eigenvalue weighted by Crippen LogP contribution is 2.38. The van der Waals surface area contributed by atoms with Crippen molar-refractivity contribution in [2.45, 2.75) is 56.2 Å². The van der Waals surface area contributed by atoms with Gasteiger partial charge in [-0.1, -0.05) is 24.4 Å². The monoisotopic (exact) mass is 259 g/mol. The predicted octanol–water partition coefficient (Wildman–Crippen LogP) is 2.17. The number of amidine groups is 1. The summed E-state index contributed by atoms with van der Waals surface area (Å²) in [6, 6.07) is 0.261. The minimum Gasteiger partial charge on any atom is -0.409 e. The topological polar surface area (TPSA) is 70.6 Å². The van der Waals surface area contributed by atoms with Gasteiger partial charge in [0.1, 0.15) is 5.84 Å². The Morgan fingerprint density at radius 3 is 2.65 bits per heavy atom.